The molecule has 1 aliphatic rings. The van der Waals surface area contributed by atoms with E-state index in [2.05, 4.69) is 5.16 Å². The first kappa shape index (κ1) is 17.5. The van der Waals surface area contributed by atoms with Gasteiger partial charge in [0.25, 0.3) is 0 Å². The van der Waals surface area contributed by atoms with E-state index in [1.165, 1.54) is 13.8 Å². The molecule has 0 saturated heterocycles. The summed E-state index contributed by atoms with van der Waals surface area (Å²) < 4.78 is 10.5. The smallest absolute Gasteiger partial charge is 0.186 e. The number of aliphatic hydroxyl groups is 2. The van der Waals surface area contributed by atoms with Crippen molar-refractivity contribution in [2.75, 3.05) is 6.61 Å². The van der Waals surface area contributed by atoms with E-state index in [9.17, 15) is 10.2 Å². The molecule has 2 N–H and O–H groups in total. The van der Waals surface area contributed by atoms with Crippen molar-refractivity contribution in [1.29, 1.82) is 0 Å². The van der Waals surface area contributed by atoms with Crippen LogP contribution in [0.15, 0.2) is 27.8 Å². The molecule has 1 aliphatic carbocycles. The van der Waals surface area contributed by atoms with Gasteiger partial charge >= 0.3 is 0 Å². The molecule has 0 bridgehead atoms. The van der Waals surface area contributed by atoms with E-state index in [0.717, 1.165) is 0 Å². The fourth-order valence-corrected chi connectivity index (χ4v) is 3.07. The second-order valence-corrected chi connectivity index (χ2v) is 6.48. The van der Waals surface area contributed by atoms with Crippen LogP contribution in [0, 0.1) is 0 Å². The van der Waals surface area contributed by atoms with E-state index in [1.807, 2.05) is 0 Å². The molecule has 3 atom stereocenters. The number of hydrogen-bond acceptors (Lipinski definition) is 5. The van der Waals surface area contributed by atoms with Crippen LogP contribution in [0.5, 0.6) is 0 Å². The van der Waals surface area contributed by atoms with E-state index in [4.69, 9.17) is 32.5 Å². The van der Waals surface area contributed by atoms with Crippen molar-refractivity contribution < 1.29 is 19.5 Å². The largest absolute Gasteiger partial charge is 0.382 e. The summed E-state index contributed by atoms with van der Waals surface area (Å²) in [7, 11) is 0. The van der Waals surface area contributed by atoms with Crippen molar-refractivity contribution in [2.45, 2.75) is 44.0 Å². The molecule has 1 aromatic heterocycles. The Bertz CT molecular complexity index is 589. The predicted octanol–water partition coefficient (Wildman–Crippen LogP) is 3.31. The summed E-state index contributed by atoms with van der Waals surface area (Å²) in [5.41, 5.74) is -0.697. The molecule has 1 heterocycles. The van der Waals surface area contributed by atoms with Crippen molar-refractivity contribution in [1.82, 2.24) is 5.16 Å². The van der Waals surface area contributed by atoms with Gasteiger partial charge in [0.15, 0.2) is 12.1 Å². The topological polar surface area (TPSA) is 75.7 Å². The second kappa shape index (κ2) is 6.72. The summed E-state index contributed by atoms with van der Waals surface area (Å²) >= 11 is 12.6. The Morgan fingerprint density at radius 2 is 2.18 bits per heavy atom. The first-order chi connectivity index (χ1) is 10.3. The Balaban J connectivity index is 2.54. The second-order valence-electron chi connectivity index (χ2n) is 5.54. The van der Waals surface area contributed by atoms with Crippen LogP contribution in [0.1, 0.15) is 50.0 Å². The monoisotopic (exact) mass is 347 g/mol. The minimum Gasteiger partial charge on any atom is -0.382 e. The molecule has 0 amide bonds. The van der Waals surface area contributed by atoms with Crippen LogP contribution in [0.4, 0.5) is 0 Å². The fraction of sp³-hybridized carbons (Fsp3) is 0.533. The third-order valence-corrected chi connectivity index (χ3v) is 4.10. The van der Waals surface area contributed by atoms with Crippen LogP contribution >= 0.6 is 23.2 Å². The number of alkyl halides is 1. The average Bonchev–Trinajstić information content (AvgIpc) is 2.83. The molecule has 0 aromatic carbocycles. The van der Waals surface area contributed by atoms with Crippen molar-refractivity contribution in [2.24, 2.45) is 0 Å². The van der Waals surface area contributed by atoms with Gasteiger partial charge in [0.05, 0.1) is 16.9 Å². The highest BCUT2D eigenvalue weighted by Gasteiger charge is 2.38. The molecule has 1 aromatic rings. The molecule has 0 aliphatic heterocycles. The summed E-state index contributed by atoms with van der Waals surface area (Å²) in [6.07, 6.45) is 3.95. The first-order valence-electron chi connectivity index (χ1n) is 6.97. The molecule has 0 saturated carbocycles. The lowest BCUT2D eigenvalue weighted by Crippen LogP contribution is -2.22. The fourth-order valence-electron chi connectivity index (χ4n) is 2.36. The van der Waals surface area contributed by atoms with E-state index in [0.29, 0.717) is 10.7 Å². The zero-order valence-electron chi connectivity index (χ0n) is 12.6. The minimum absolute atomic E-state index is 0.131. The van der Waals surface area contributed by atoms with Crippen molar-refractivity contribution in [3.63, 3.8) is 0 Å². The molecular formula is C15H19Cl2NO4. The number of nitrogens with zero attached hydrogens (tertiary/aromatic N) is 1. The van der Waals surface area contributed by atoms with Crippen LogP contribution in [-0.2, 0) is 10.3 Å². The van der Waals surface area contributed by atoms with Gasteiger partial charge in [-0.1, -0.05) is 28.9 Å². The maximum absolute atomic E-state index is 10.3. The summed E-state index contributed by atoms with van der Waals surface area (Å²) in [6, 6.07) is 0. The molecule has 5 nitrogen and oxygen atoms in total. The minimum atomic E-state index is -1.33. The lowest BCUT2D eigenvalue weighted by Gasteiger charge is -2.23. The Kier molecular flexibility index (Phi) is 5.35. The number of allylic oxidation sites excluding steroid dienone is 4. The summed E-state index contributed by atoms with van der Waals surface area (Å²) in [4.78, 5) is 0. The van der Waals surface area contributed by atoms with Crippen molar-refractivity contribution in [3.8, 4) is 0 Å². The third-order valence-electron chi connectivity index (χ3n) is 3.34. The average molecular weight is 348 g/mol. The highest BCUT2D eigenvalue weighted by atomic mass is 35.5. The molecule has 0 radical (unpaired) electrons. The molecular weight excluding hydrogens is 329 g/mol. The van der Waals surface area contributed by atoms with Crippen molar-refractivity contribution >= 4 is 23.2 Å². The lowest BCUT2D eigenvalue weighted by atomic mass is 9.90. The van der Waals surface area contributed by atoms with Crippen LogP contribution < -0.4 is 0 Å². The summed E-state index contributed by atoms with van der Waals surface area (Å²) in [5.74, 6) is -0.343. The Morgan fingerprint density at radius 3 is 2.73 bits per heavy atom. The molecule has 0 spiro atoms. The molecule has 0 fully saturated rings. The quantitative estimate of drug-likeness (QED) is 0.631. The molecule has 122 valence electrons. The number of aromatic nitrogens is 1. The maximum atomic E-state index is 10.3. The van der Waals surface area contributed by atoms with Gasteiger partial charge in [0.2, 0.25) is 0 Å². The van der Waals surface area contributed by atoms with E-state index >= 15 is 0 Å². The van der Waals surface area contributed by atoms with Gasteiger partial charge in [-0.05, 0) is 26.8 Å². The van der Waals surface area contributed by atoms with E-state index < -0.39 is 23.2 Å². The highest BCUT2D eigenvalue weighted by Crippen LogP contribution is 2.42. The highest BCUT2D eigenvalue weighted by molar-refractivity contribution is 6.32. The Morgan fingerprint density at radius 1 is 1.50 bits per heavy atom. The number of rotatable bonds is 5. The van der Waals surface area contributed by atoms with Gasteiger partial charge in [-0.25, -0.2) is 0 Å². The van der Waals surface area contributed by atoms with Gasteiger partial charge in [-0.3, -0.25) is 0 Å². The zero-order chi connectivity index (χ0) is 16.5. The lowest BCUT2D eigenvalue weighted by molar-refractivity contribution is -0.102. The van der Waals surface area contributed by atoms with E-state index in [-0.39, 0.29) is 17.9 Å². The van der Waals surface area contributed by atoms with Gasteiger partial charge in [0, 0.05) is 11.6 Å². The Labute approximate surface area is 139 Å². The third kappa shape index (κ3) is 3.39. The molecule has 7 heteroatoms. The van der Waals surface area contributed by atoms with Crippen LogP contribution in [0.25, 0.3) is 0 Å². The van der Waals surface area contributed by atoms with Gasteiger partial charge in [0.1, 0.15) is 11.3 Å². The molecule has 2 rings (SSSR count). The van der Waals surface area contributed by atoms with Gasteiger partial charge < -0.3 is 19.5 Å². The van der Waals surface area contributed by atoms with Crippen molar-refractivity contribution in [3.05, 3.63) is 40.3 Å². The van der Waals surface area contributed by atoms with E-state index in [1.54, 1.807) is 25.2 Å². The predicted molar refractivity (Wildman–Crippen MR) is 83.8 cm³/mol. The number of halogens is 2. The van der Waals surface area contributed by atoms with Crippen LogP contribution in [0.3, 0.4) is 0 Å². The standard InChI is InChI=1S/C15H19Cl2NO4/c1-4-21-14(19)11-12(18-22-13(11)15(2,3)20)10-8(16)6-5-7-9(10)17/h5-8,10,14,19-20H,4H2,1-3H3. The molecule has 22 heavy (non-hydrogen) atoms. The normalized spacial score (nSPS) is 23.5. The van der Waals surface area contributed by atoms with Crippen LogP contribution in [0.2, 0.25) is 0 Å². The SMILES string of the molecule is CCOC(O)c1c(C2C(Cl)=CC=CC2Cl)noc1C(C)(C)O. The number of aliphatic hydroxyl groups excluding tert-OH is 1. The van der Waals surface area contributed by atoms with Gasteiger partial charge in [-0.15, -0.1) is 11.6 Å². The number of hydrogen-bond donors (Lipinski definition) is 2. The number of ether oxygens (including phenoxy) is 1. The van der Waals surface area contributed by atoms with Crippen LogP contribution in [-0.4, -0.2) is 27.4 Å². The molecule has 3 unspecified atom stereocenters. The first-order valence-corrected chi connectivity index (χ1v) is 7.78. The summed E-state index contributed by atoms with van der Waals surface area (Å²) in [5, 5.41) is 24.5. The van der Waals surface area contributed by atoms with Gasteiger partial charge in [-0.2, -0.15) is 0 Å². The summed E-state index contributed by atoms with van der Waals surface area (Å²) in [6.45, 7) is 5.11. The maximum Gasteiger partial charge on any atom is 0.186 e. The zero-order valence-corrected chi connectivity index (χ0v) is 14.1. The Hall–Kier alpha value is -0.850.